The summed E-state index contributed by atoms with van der Waals surface area (Å²) >= 11 is 8.19. The molecule has 3 aromatic rings. The number of anilines is 1. The predicted molar refractivity (Wildman–Crippen MR) is 89.5 cm³/mol. The van der Waals surface area contributed by atoms with Gasteiger partial charge in [0.1, 0.15) is 5.69 Å². The van der Waals surface area contributed by atoms with Crippen LogP contribution >= 0.6 is 34.2 Å². The van der Waals surface area contributed by atoms with Crippen molar-refractivity contribution >= 4 is 40.1 Å². The van der Waals surface area contributed by atoms with Crippen LogP contribution in [-0.2, 0) is 0 Å². The first-order valence-corrected chi connectivity index (χ1v) is 7.38. The van der Waals surface area contributed by atoms with Crippen molar-refractivity contribution in [1.82, 2.24) is 5.16 Å². The van der Waals surface area contributed by atoms with Crippen molar-refractivity contribution < 1.29 is 4.52 Å². The van der Waals surface area contributed by atoms with Gasteiger partial charge in [-0.2, -0.15) is 0 Å². The highest BCUT2D eigenvalue weighted by molar-refractivity contribution is 14.1. The largest absolute Gasteiger partial charge is 0.367 e. The second-order valence-corrected chi connectivity index (χ2v) is 5.86. The zero-order valence-electron chi connectivity index (χ0n) is 10.3. The molecule has 20 heavy (non-hydrogen) atoms. The number of aromatic nitrogens is 1. The average molecular weight is 397 g/mol. The number of nitrogen functional groups attached to an aromatic ring is 1. The van der Waals surface area contributed by atoms with Gasteiger partial charge in [-0.25, -0.2) is 0 Å². The minimum absolute atomic E-state index is 0.307. The highest BCUT2D eigenvalue weighted by Crippen LogP contribution is 2.38. The lowest BCUT2D eigenvalue weighted by Crippen LogP contribution is -1.89. The first kappa shape index (κ1) is 13.5. The Bertz CT molecular complexity index is 753. The Labute approximate surface area is 134 Å². The Balaban J connectivity index is 2.20. The number of nitrogens with zero attached hydrogens (tertiary/aromatic N) is 1. The number of benzene rings is 2. The third-order valence-electron chi connectivity index (χ3n) is 2.98. The lowest BCUT2D eigenvalue weighted by molar-refractivity contribution is 0.439. The molecule has 0 aliphatic heterocycles. The van der Waals surface area contributed by atoms with Crippen molar-refractivity contribution in [3.63, 3.8) is 0 Å². The van der Waals surface area contributed by atoms with Gasteiger partial charge in [-0.05, 0) is 46.4 Å². The van der Waals surface area contributed by atoms with Crippen LogP contribution in [0.1, 0.15) is 0 Å². The molecule has 0 spiro atoms. The van der Waals surface area contributed by atoms with Crippen LogP contribution in [0.4, 0.5) is 5.88 Å². The summed E-state index contributed by atoms with van der Waals surface area (Å²) in [6.07, 6.45) is 0. The van der Waals surface area contributed by atoms with Gasteiger partial charge in [-0.15, -0.1) is 0 Å². The van der Waals surface area contributed by atoms with Crippen molar-refractivity contribution in [2.75, 3.05) is 5.73 Å². The minimum Gasteiger partial charge on any atom is -0.367 e. The van der Waals surface area contributed by atoms with E-state index in [-0.39, 0.29) is 0 Å². The maximum absolute atomic E-state index is 5.93. The zero-order chi connectivity index (χ0) is 14.1. The highest BCUT2D eigenvalue weighted by atomic mass is 127. The molecule has 0 aliphatic rings. The average Bonchev–Trinajstić information content (AvgIpc) is 2.82. The molecule has 1 heterocycles. The van der Waals surface area contributed by atoms with E-state index in [4.69, 9.17) is 21.9 Å². The van der Waals surface area contributed by atoms with Crippen LogP contribution in [0.3, 0.4) is 0 Å². The van der Waals surface area contributed by atoms with Gasteiger partial charge in [0.05, 0.1) is 5.56 Å². The molecule has 5 heteroatoms. The van der Waals surface area contributed by atoms with Crippen molar-refractivity contribution in [3.05, 3.63) is 57.1 Å². The van der Waals surface area contributed by atoms with Crippen LogP contribution in [0.5, 0.6) is 0 Å². The summed E-state index contributed by atoms with van der Waals surface area (Å²) in [6, 6.07) is 15.4. The summed E-state index contributed by atoms with van der Waals surface area (Å²) in [5.74, 6) is 0.307. The minimum atomic E-state index is 0.307. The predicted octanol–water partition coefficient (Wildman–Crippen LogP) is 4.85. The second-order valence-electron chi connectivity index (χ2n) is 4.26. The lowest BCUT2D eigenvalue weighted by Gasteiger charge is -2.04. The Morgan fingerprint density at radius 2 is 1.75 bits per heavy atom. The van der Waals surface area contributed by atoms with E-state index in [1.807, 2.05) is 48.5 Å². The molecule has 0 saturated carbocycles. The fourth-order valence-corrected chi connectivity index (χ4v) is 2.80. The van der Waals surface area contributed by atoms with Crippen LogP contribution in [0.15, 0.2) is 53.1 Å². The molecule has 0 bridgehead atoms. The van der Waals surface area contributed by atoms with Gasteiger partial charge >= 0.3 is 0 Å². The molecule has 1 aromatic heterocycles. The third kappa shape index (κ3) is 2.41. The van der Waals surface area contributed by atoms with Crippen molar-refractivity contribution in [2.24, 2.45) is 0 Å². The molecule has 0 fully saturated rings. The summed E-state index contributed by atoms with van der Waals surface area (Å²) in [5.41, 5.74) is 9.41. The smallest absolute Gasteiger partial charge is 0.230 e. The number of nitrogens with two attached hydrogens (primary N) is 1. The van der Waals surface area contributed by atoms with Gasteiger partial charge in [0, 0.05) is 14.2 Å². The standard InChI is InChI=1S/C15H10ClIN2O/c16-10-7-5-9(6-8-10)13-14(19-20-15(13)18)11-3-1-2-4-12(11)17/h1-8H,18H2. The van der Waals surface area contributed by atoms with Gasteiger partial charge in [0.2, 0.25) is 5.88 Å². The first-order valence-electron chi connectivity index (χ1n) is 5.93. The van der Waals surface area contributed by atoms with E-state index in [1.54, 1.807) is 0 Å². The van der Waals surface area contributed by atoms with E-state index in [9.17, 15) is 0 Å². The molecule has 2 N–H and O–H groups in total. The Morgan fingerprint density at radius 1 is 1.05 bits per heavy atom. The Morgan fingerprint density at radius 3 is 2.45 bits per heavy atom. The molecule has 100 valence electrons. The molecule has 3 nitrogen and oxygen atoms in total. The summed E-state index contributed by atoms with van der Waals surface area (Å²) in [7, 11) is 0. The summed E-state index contributed by atoms with van der Waals surface area (Å²) in [5, 5.41) is 4.79. The fourth-order valence-electron chi connectivity index (χ4n) is 2.04. The van der Waals surface area contributed by atoms with Gasteiger partial charge in [0.25, 0.3) is 0 Å². The van der Waals surface area contributed by atoms with Crippen molar-refractivity contribution in [1.29, 1.82) is 0 Å². The molecule has 0 saturated heterocycles. The monoisotopic (exact) mass is 396 g/mol. The number of hydrogen-bond acceptors (Lipinski definition) is 3. The van der Waals surface area contributed by atoms with E-state index in [0.29, 0.717) is 10.9 Å². The Kier molecular flexibility index (Phi) is 3.67. The summed E-state index contributed by atoms with van der Waals surface area (Å²) in [4.78, 5) is 0. The molecular weight excluding hydrogens is 387 g/mol. The van der Waals surface area contributed by atoms with Crippen LogP contribution in [0.2, 0.25) is 5.02 Å². The van der Waals surface area contributed by atoms with Crippen LogP contribution in [-0.4, -0.2) is 5.16 Å². The van der Waals surface area contributed by atoms with Crippen LogP contribution < -0.4 is 5.73 Å². The Hall–Kier alpha value is -1.53. The van der Waals surface area contributed by atoms with Gasteiger partial charge in [0.15, 0.2) is 0 Å². The van der Waals surface area contributed by atoms with Crippen molar-refractivity contribution in [2.45, 2.75) is 0 Å². The van der Waals surface area contributed by atoms with E-state index in [0.717, 1.165) is 26.0 Å². The lowest BCUT2D eigenvalue weighted by atomic mass is 10.0. The van der Waals surface area contributed by atoms with Crippen LogP contribution in [0, 0.1) is 3.57 Å². The quantitative estimate of drug-likeness (QED) is 0.630. The summed E-state index contributed by atoms with van der Waals surface area (Å²) < 4.78 is 6.27. The maximum Gasteiger partial charge on any atom is 0.230 e. The van der Waals surface area contributed by atoms with Crippen LogP contribution in [0.25, 0.3) is 22.4 Å². The molecule has 0 radical (unpaired) electrons. The van der Waals surface area contributed by atoms with E-state index < -0.39 is 0 Å². The molecule has 2 aromatic carbocycles. The molecule has 0 amide bonds. The maximum atomic E-state index is 5.93. The van der Waals surface area contributed by atoms with E-state index >= 15 is 0 Å². The normalized spacial score (nSPS) is 10.7. The van der Waals surface area contributed by atoms with Crippen molar-refractivity contribution in [3.8, 4) is 22.4 Å². The van der Waals surface area contributed by atoms with E-state index in [1.165, 1.54) is 0 Å². The highest BCUT2D eigenvalue weighted by Gasteiger charge is 2.18. The van der Waals surface area contributed by atoms with Gasteiger partial charge < -0.3 is 10.3 Å². The molecular formula is C15H10ClIN2O. The van der Waals surface area contributed by atoms with Gasteiger partial charge in [-0.3, -0.25) is 0 Å². The number of halogens is 2. The summed E-state index contributed by atoms with van der Waals surface area (Å²) in [6.45, 7) is 0. The topological polar surface area (TPSA) is 52.0 Å². The first-order chi connectivity index (χ1) is 9.66. The molecule has 3 rings (SSSR count). The number of hydrogen-bond donors (Lipinski definition) is 1. The van der Waals surface area contributed by atoms with Gasteiger partial charge in [-0.1, -0.05) is 47.1 Å². The third-order valence-corrected chi connectivity index (χ3v) is 4.17. The SMILES string of the molecule is Nc1onc(-c2ccccc2I)c1-c1ccc(Cl)cc1. The fraction of sp³-hybridized carbons (Fsp3) is 0. The molecule has 0 unspecified atom stereocenters. The molecule has 0 atom stereocenters. The molecule has 0 aliphatic carbocycles. The van der Waals surface area contributed by atoms with E-state index in [2.05, 4.69) is 27.7 Å². The number of rotatable bonds is 2. The second kappa shape index (κ2) is 5.46. The zero-order valence-corrected chi connectivity index (χ0v) is 13.2.